The van der Waals surface area contributed by atoms with Gasteiger partial charge < -0.3 is 4.98 Å². The molecule has 1 aromatic carbocycles. The van der Waals surface area contributed by atoms with E-state index < -0.39 is 17.6 Å². The molecule has 0 aliphatic rings. The first-order valence-electron chi connectivity index (χ1n) is 8.43. The van der Waals surface area contributed by atoms with Crippen molar-refractivity contribution in [1.82, 2.24) is 19.9 Å². The number of rotatable bonds is 4. The van der Waals surface area contributed by atoms with Crippen LogP contribution in [0.2, 0.25) is 5.02 Å². The van der Waals surface area contributed by atoms with Crippen LogP contribution in [0.1, 0.15) is 28.1 Å². The van der Waals surface area contributed by atoms with E-state index in [2.05, 4.69) is 19.9 Å². The van der Waals surface area contributed by atoms with E-state index in [0.29, 0.717) is 17.5 Å². The molecule has 0 aliphatic carbocycles. The summed E-state index contributed by atoms with van der Waals surface area (Å²) in [6, 6.07) is 4.50. The monoisotopic (exact) mass is 419 g/mol. The summed E-state index contributed by atoms with van der Waals surface area (Å²) in [6.45, 7) is 0. The van der Waals surface area contributed by atoms with Crippen molar-refractivity contribution in [1.29, 1.82) is 0 Å². The standard InChI is InChI=1S/C20H12ClF4N4/c21-14-6-15-13(9-28-19(15)29-10-14)3-12-7-26-18(27-8-12)5-11-1-2-16(17(22)4-11)20(23,24)25/h1-2,4-10H,3H2,(H,28,29). The normalized spacial score (nSPS) is 11.9. The van der Waals surface area contributed by atoms with E-state index >= 15 is 0 Å². The molecule has 4 aromatic rings. The maximum Gasteiger partial charge on any atom is 0.419 e. The molecule has 3 aromatic heterocycles. The summed E-state index contributed by atoms with van der Waals surface area (Å²) in [5.74, 6) is -1.08. The van der Waals surface area contributed by atoms with Crippen molar-refractivity contribution in [2.75, 3.05) is 0 Å². The lowest BCUT2D eigenvalue weighted by Gasteiger charge is -2.09. The van der Waals surface area contributed by atoms with Gasteiger partial charge in [0.2, 0.25) is 0 Å². The molecule has 0 fully saturated rings. The lowest BCUT2D eigenvalue weighted by atomic mass is 10.1. The minimum absolute atomic E-state index is 0.237. The van der Waals surface area contributed by atoms with Crippen molar-refractivity contribution in [3.63, 3.8) is 0 Å². The van der Waals surface area contributed by atoms with E-state index in [1.807, 2.05) is 12.3 Å². The molecule has 0 amide bonds. The lowest BCUT2D eigenvalue weighted by molar-refractivity contribution is -0.140. The maximum absolute atomic E-state index is 13.7. The van der Waals surface area contributed by atoms with Crippen molar-refractivity contribution >= 4 is 22.6 Å². The molecular weight excluding hydrogens is 408 g/mol. The molecule has 1 N–H and O–H groups in total. The van der Waals surface area contributed by atoms with Gasteiger partial charge in [0.15, 0.2) is 0 Å². The van der Waals surface area contributed by atoms with Crippen LogP contribution in [0.3, 0.4) is 0 Å². The molecule has 0 aliphatic heterocycles. The van der Waals surface area contributed by atoms with Crippen LogP contribution in [-0.2, 0) is 12.6 Å². The molecular formula is C20H12ClF4N4. The highest BCUT2D eigenvalue weighted by Crippen LogP contribution is 2.32. The highest BCUT2D eigenvalue weighted by atomic mass is 35.5. The van der Waals surface area contributed by atoms with Crippen LogP contribution in [0.15, 0.2) is 49.1 Å². The molecule has 0 spiro atoms. The number of nitrogens with zero attached hydrogens (tertiary/aromatic N) is 3. The van der Waals surface area contributed by atoms with Crippen molar-refractivity contribution in [3.05, 3.63) is 94.4 Å². The Morgan fingerprint density at radius 2 is 1.79 bits per heavy atom. The van der Waals surface area contributed by atoms with Crippen LogP contribution in [0.5, 0.6) is 0 Å². The molecule has 3 heterocycles. The third-order valence-electron chi connectivity index (χ3n) is 4.30. The van der Waals surface area contributed by atoms with Gasteiger partial charge in [-0.25, -0.2) is 19.3 Å². The predicted octanol–water partition coefficient (Wildman–Crippen LogP) is 5.36. The fourth-order valence-electron chi connectivity index (χ4n) is 2.93. The molecule has 0 unspecified atom stereocenters. The number of fused-ring (bicyclic) bond motifs is 1. The number of hydrogen-bond donors (Lipinski definition) is 1. The van der Waals surface area contributed by atoms with Gasteiger partial charge in [0.1, 0.15) is 17.3 Å². The smallest absolute Gasteiger partial charge is 0.346 e. The van der Waals surface area contributed by atoms with Gasteiger partial charge in [-0.2, -0.15) is 13.2 Å². The van der Waals surface area contributed by atoms with Gasteiger partial charge in [-0.15, -0.1) is 0 Å². The number of alkyl halides is 3. The first-order valence-corrected chi connectivity index (χ1v) is 8.81. The zero-order valence-electron chi connectivity index (χ0n) is 14.6. The van der Waals surface area contributed by atoms with Crippen LogP contribution in [-0.4, -0.2) is 19.9 Å². The average Bonchev–Trinajstić information content (AvgIpc) is 3.04. The summed E-state index contributed by atoms with van der Waals surface area (Å²) in [5, 5.41) is 1.43. The van der Waals surface area contributed by atoms with Crippen molar-refractivity contribution in [2.24, 2.45) is 0 Å². The van der Waals surface area contributed by atoms with E-state index in [-0.39, 0.29) is 11.4 Å². The zero-order chi connectivity index (χ0) is 20.6. The molecule has 0 saturated heterocycles. The Morgan fingerprint density at radius 1 is 1.03 bits per heavy atom. The quantitative estimate of drug-likeness (QED) is 0.453. The molecule has 0 bridgehead atoms. The molecule has 0 saturated carbocycles. The molecule has 147 valence electrons. The number of aromatic amines is 1. The van der Waals surface area contributed by atoms with Gasteiger partial charge in [0.25, 0.3) is 0 Å². The van der Waals surface area contributed by atoms with Gasteiger partial charge in [-0.05, 0) is 34.9 Å². The summed E-state index contributed by atoms with van der Waals surface area (Å²) < 4.78 is 51.6. The number of hydrogen-bond acceptors (Lipinski definition) is 3. The molecule has 29 heavy (non-hydrogen) atoms. The SMILES string of the molecule is Fc1cc([CH]c2ncc(Cc3c[nH]c4ncc(Cl)cc34)cn2)ccc1C(F)(F)F. The van der Waals surface area contributed by atoms with Crippen LogP contribution < -0.4 is 0 Å². The summed E-state index contributed by atoms with van der Waals surface area (Å²) in [7, 11) is 0. The third-order valence-corrected chi connectivity index (χ3v) is 4.50. The molecule has 4 rings (SSSR count). The van der Waals surface area contributed by atoms with Crippen LogP contribution in [0.25, 0.3) is 11.0 Å². The van der Waals surface area contributed by atoms with Crippen molar-refractivity contribution < 1.29 is 17.6 Å². The Morgan fingerprint density at radius 3 is 2.48 bits per heavy atom. The Labute approximate surface area is 167 Å². The molecule has 4 nitrogen and oxygen atoms in total. The lowest BCUT2D eigenvalue weighted by Crippen LogP contribution is -2.08. The third kappa shape index (κ3) is 4.22. The zero-order valence-corrected chi connectivity index (χ0v) is 15.4. The average molecular weight is 420 g/mol. The molecule has 1 radical (unpaired) electrons. The van der Waals surface area contributed by atoms with Gasteiger partial charge in [0, 0.05) is 36.6 Å². The van der Waals surface area contributed by atoms with E-state index in [4.69, 9.17) is 11.6 Å². The number of benzene rings is 1. The fourth-order valence-corrected chi connectivity index (χ4v) is 3.09. The summed E-state index contributed by atoms with van der Waals surface area (Å²) in [5.41, 5.74) is 1.45. The van der Waals surface area contributed by atoms with Gasteiger partial charge >= 0.3 is 6.18 Å². The highest BCUT2D eigenvalue weighted by Gasteiger charge is 2.33. The minimum atomic E-state index is -4.73. The van der Waals surface area contributed by atoms with Crippen molar-refractivity contribution in [3.8, 4) is 0 Å². The topological polar surface area (TPSA) is 54.5 Å². The second kappa shape index (κ2) is 7.44. The summed E-state index contributed by atoms with van der Waals surface area (Å²) in [4.78, 5) is 15.7. The Balaban J connectivity index is 1.49. The van der Waals surface area contributed by atoms with Gasteiger partial charge in [0.05, 0.1) is 17.0 Å². The fraction of sp³-hybridized carbons (Fsp3) is 0.100. The number of H-pyrrole nitrogens is 1. The van der Waals surface area contributed by atoms with Gasteiger partial charge in [-0.1, -0.05) is 17.7 Å². The minimum Gasteiger partial charge on any atom is -0.346 e. The van der Waals surface area contributed by atoms with E-state index in [1.165, 1.54) is 12.5 Å². The number of nitrogens with one attached hydrogen (secondary N) is 1. The number of pyridine rings is 1. The summed E-state index contributed by atoms with van der Waals surface area (Å²) >= 11 is 6.00. The second-order valence-electron chi connectivity index (χ2n) is 6.37. The van der Waals surface area contributed by atoms with Gasteiger partial charge in [-0.3, -0.25) is 0 Å². The first kappa shape index (κ1) is 19.3. The predicted molar refractivity (Wildman–Crippen MR) is 99.8 cm³/mol. The van der Waals surface area contributed by atoms with E-state index in [1.54, 1.807) is 18.6 Å². The van der Waals surface area contributed by atoms with Crippen LogP contribution >= 0.6 is 11.6 Å². The van der Waals surface area contributed by atoms with E-state index in [0.717, 1.165) is 28.2 Å². The molecule has 0 atom stereocenters. The van der Waals surface area contributed by atoms with Crippen LogP contribution in [0.4, 0.5) is 17.6 Å². The van der Waals surface area contributed by atoms with Crippen molar-refractivity contribution in [2.45, 2.75) is 12.6 Å². The highest BCUT2D eigenvalue weighted by molar-refractivity contribution is 6.31. The molecule has 9 heteroatoms. The van der Waals surface area contributed by atoms with E-state index in [9.17, 15) is 17.6 Å². The number of halogens is 5. The first-order chi connectivity index (χ1) is 13.8. The Kier molecular flexibility index (Phi) is 4.96. The maximum atomic E-state index is 13.7. The Hall–Kier alpha value is -3.00. The summed E-state index contributed by atoms with van der Waals surface area (Å²) in [6.07, 6.45) is 3.82. The Bertz CT molecular complexity index is 1170. The second-order valence-corrected chi connectivity index (χ2v) is 6.81. The largest absolute Gasteiger partial charge is 0.419 e. The van der Waals surface area contributed by atoms with Crippen LogP contribution in [0, 0.1) is 12.2 Å². The number of aromatic nitrogens is 4.